The first-order chi connectivity index (χ1) is 12.7. The molecule has 4 rings (SSSR count). The van der Waals surface area contributed by atoms with Crippen LogP contribution in [-0.2, 0) is 13.1 Å². The molecule has 7 nitrogen and oxygen atoms in total. The summed E-state index contributed by atoms with van der Waals surface area (Å²) < 4.78 is 10.7. The summed E-state index contributed by atoms with van der Waals surface area (Å²) in [5.74, 6) is 0.947. The van der Waals surface area contributed by atoms with Crippen molar-refractivity contribution in [3.63, 3.8) is 0 Å². The van der Waals surface area contributed by atoms with E-state index in [0.29, 0.717) is 22.3 Å². The van der Waals surface area contributed by atoms with Gasteiger partial charge in [0.05, 0.1) is 31.0 Å². The van der Waals surface area contributed by atoms with Gasteiger partial charge in [0.25, 0.3) is 11.5 Å². The van der Waals surface area contributed by atoms with Crippen LogP contribution in [0.25, 0.3) is 10.8 Å². The number of nitrogens with one attached hydrogen (secondary N) is 1. The van der Waals surface area contributed by atoms with Gasteiger partial charge in [0.15, 0.2) is 5.69 Å². The van der Waals surface area contributed by atoms with Crippen LogP contribution >= 0.6 is 0 Å². The van der Waals surface area contributed by atoms with Crippen LogP contribution < -0.4 is 5.56 Å². The van der Waals surface area contributed by atoms with E-state index < -0.39 is 0 Å². The molecule has 0 saturated heterocycles. The van der Waals surface area contributed by atoms with Crippen molar-refractivity contribution in [1.82, 2.24) is 15.1 Å². The maximum absolute atomic E-state index is 13.2. The Labute approximate surface area is 147 Å². The number of nitrogens with zero attached hydrogens (tertiary/aromatic N) is 2. The molecule has 3 aromatic heterocycles. The first kappa shape index (κ1) is 15.9. The Morgan fingerprint density at radius 3 is 2.12 bits per heavy atom. The van der Waals surface area contributed by atoms with E-state index in [4.69, 9.17) is 8.83 Å². The number of carbonyl (C=O) groups is 1. The van der Waals surface area contributed by atoms with Crippen molar-refractivity contribution in [1.29, 1.82) is 0 Å². The summed E-state index contributed by atoms with van der Waals surface area (Å²) in [5.41, 5.74) is -0.154. The van der Waals surface area contributed by atoms with Crippen molar-refractivity contribution < 1.29 is 13.6 Å². The maximum atomic E-state index is 13.2. The molecule has 3 heterocycles. The molecule has 1 N–H and O–H groups in total. The largest absolute Gasteiger partial charge is 0.467 e. The predicted molar refractivity (Wildman–Crippen MR) is 93.4 cm³/mol. The zero-order valence-corrected chi connectivity index (χ0v) is 13.7. The molecule has 4 aromatic rings. The molecule has 0 radical (unpaired) electrons. The zero-order valence-electron chi connectivity index (χ0n) is 13.7. The summed E-state index contributed by atoms with van der Waals surface area (Å²) in [5, 5.41) is 7.32. The number of amides is 1. The van der Waals surface area contributed by atoms with Gasteiger partial charge in [-0.05, 0) is 30.3 Å². The highest BCUT2D eigenvalue weighted by Crippen LogP contribution is 2.18. The Kier molecular flexibility index (Phi) is 4.10. The Morgan fingerprint density at radius 2 is 1.54 bits per heavy atom. The van der Waals surface area contributed by atoms with Crippen molar-refractivity contribution in [3.8, 4) is 0 Å². The minimum absolute atomic E-state index is 0.179. The zero-order chi connectivity index (χ0) is 17.9. The fraction of sp³-hybridized carbons (Fsp3) is 0.105. The second-order valence-corrected chi connectivity index (χ2v) is 5.77. The Balaban J connectivity index is 1.74. The second-order valence-electron chi connectivity index (χ2n) is 5.77. The van der Waals surface area contributed by atoms with Crippen LogP contribution in [0.2, 0.25) is 0 Å². The summed E-state index contributed by atoms with van der Waals surface area (Å²) in [6.07, 6.45) is 3.11. The quantitative estimate of drug-likeness (QED) is 0.598. The van der Waals surface area contributed by atoms with Gasteiger partial charge < -0.3 is 13.7 Å². The Hall–Kier alpha value is -3.61. The maximum Gasteiger partial charge on any atom is 0.275 e. The van der Waals surface area contributed by atoms with E-state index in [1.807, 2.05) is 0 Å². The highest BCUT2D eigenvalue weighted by atomic mass is 16.3. The summed E-state index contributed by atoms with van der Waals surface area (Å²) >= 11 is 0. The van der Waals surface area contributed by atoms with Gasteiger partial charge in [-0.25, -0.2) is 5.10 Å². The van der Waals surface area contributed by atoms with E-state index in [1.165, 1.54) is 0 Å². The number of hydrogen-bond donors (Lipinski definition) is 1. The number of H-pyrrole nitrogens is 1. The van der Waals surface area contributed by atoms with Gasteiger partial charge in [0.1, 0.15) is 11.5 Å². The third-order valence-corrected chi connectivity index (χ3v) is 4.04. The third kappa shape index (κ3) is 3.02. The van der Waals surface area contributed by atoms with E-state index >= 15 is 0 Å². The molecule has 1 aromatic carbocycles. The molecule has 0 fully saturated rings. The van der Waals surface area contributed by atoms with E-state index in [-0.39, 0.29) is 30.2 Å². The molecule has 0 saturated carbocycles. The number of aromatic amines is 1. The normalized spacial score (nSPS) is 10.9. The number of hydrogen-bond acceptors (Lipinski definition) is 5. The molecular formula is C19H15N3O4. The molecule has 26 heavy (non-hydrogen) atoms. The van der Waals surface area contributed by atoms with Gasteiger partial charge >= 0.3 is 0 Å². The van der Waals surface area contributed by atoms with Gasteiger partial charge in [0, 0.05) is 5.39 Å². The highest BCUT2D eigenvalue weighted by molar-refractivity contribution is 6.04. The number of furan rings is 2. The van der Waals surface area contributed by atoms with Crippen LogP contribution in [0.15, 0.2) is 74.7 Å². The molecule has 0 aliphatic heterocycles. The molecule has 0 unspecified atom stereocenters. The second kappa shape index (κ2) is 6.72. The lowest BCUT2D eigenvalue weighted by Crippen LogP contribution is -2.31. The van der Waals surface area contributed by atoms with Gasteiger partial charge in [-0.2, -0.15) is 5.10 Å². The van der Waals surface area contributed by atoms with E-state index in [2.05, 4.69) is 10.2 Å². The number of aromatic nitrogens is 2. The minimum Gasteiger partial charge on any atom is -0.467 e. The number of carbonyl (C=O) groups excluding carboxylic acids is 1. The van der Waals surface area contributed by atoms with Crippen LogP contribution in [0.1, 0.15) is 22.0 Å². The molecule has 0 spiro atoms. The number of rotatable bonds is 5. The Morgan fingerprint density at radius 1 is 0.923 bits per heavy atom. The first-order valence-electron chi connectivity index (χ1n) is 8.04. The SMILES string of the molecule is O=C(c1n[nH]c(=O)c2ccccc12)N(Cc1ccco1)Cc1ccco1. The summed E-state index contributed by atoms with van der Waals surface area (Å²) in [7, 11) is 0. The van der Waals surface area contributed by atoms with Crippen molar-refractivity contribution >= 4 is 16.7 Å². The lowest BCUT2D eigenvalue weighted by Gasteiger charge is -2.20. The van der Waals surface area contributed by atoms with Gasteiger partial charge in [-0.3, -0.25) is 9.59 Å². The third-order valence-electron chi connectivity index (χ3n) is 4.04. The summed E-state index contributed by atoms with van der Waals surface area (Å²) in [6, 6.07) is 14.0. The van der Waals surface area contributed by atoms with Crippen LogP contribution in [0, 0.1) is 0 Å². The van der Waals surface area contributed by atoms with Crippen LogP contribution in [0.4, 0.5) is 0 Å². The minimum atomic E-state index is -0.333. The fourth-order valence-electron chi connectivity index (χ4n) is 2.81. The average Bonchev–Trinajstić information content (AvgIpc) is 3.35. The van der Waals surface area contributed by atoms with Gasteiger partial charge in [-0.1, -0.05) is 18.2 Å². The van der Waals surface area contributed by atoms with Crippen molar-refractivity contribution in [2.75, 3.05) is 0 Å². The highest BCUT2D eigenvalue weighted by Gasteiger charge is 2.23. The topological polar surface area (TPSA) is 92.3 Å². The Bertz CT molecular complexity index is 1050. The number of fused-ring (bicyclic) bond motifs is 1. The van der Waals surface area contributed by atoms with E-state index in [0.717, 1.165) is 0 Å². The molecule has 7 heteroatoms. The molecule has 0 bridgehead atoms. The molecular weight excluding hydrogens is 334 g/mol. The van der Waals surface area contributed by atoms with Crippen molar-refractivity contribution in [2.24, 2.45) is 0 Å². The monoisotopic (exact) mass is 349 g/mol. The standard InChI is InChI=1S/C19H15N3O4/c23-18-16-8-2-1-7-15(16)17(20-21-18)19(24)22(11-13-5-3-9-25-13)12-14-6-4-10-26-14/h1-10H,11-12H2,(H,21,23). The molecule has 0 aliphatic carbocycles. The van der Waals surface area contributed by atoms with Crippen LogP contribution in [0.5, 0.6) is 0 Å². The van der Waals surface area contributed by atoms with E-state index in [1.54, 1.807) is 66.0 Å². The predicted octanol–water partition coefficient (Wildman–Crippen LogP) is 2.95. The summed E-state index contributed by atoms with van der Waals surface area (Å²) in [6.45, 7) is 0.503. The van der Waals surface area contributed by atoms with Crippen molar-refractivity contribution in [2.45, 2.75) is 13.1 Å². The van der Waals surface area contributed by atoms with Crippen LogP contribution in [0.3, 0.4) is 0 Å². The lowest BCUT2D eigenvalue weighted by atomic mass is 10.1. The first-order valence-corrected chi connectivity index (χ1v) is 8.04. The molecule has 0 atom stereocenters. The molecule has 130 valence electrons. The average molecular weight is 349 g/mol. The van der Waals surface area contributed by atoms with E-state index in [9.17, 15) is 9.59 Å². The van der Waals surface area contributed by atoms with Gasteiger partial charge in [0.2, 0.25) is 0 Å². The lowest BCUT2D eigenvalue weighted by molar-refractivity contribution is 0.0700. The summed E-state index contributed by atoms with van der Waals surface area (Å²) in [4.78, 5) is 26.7. The van der Waals surface area contributed by atoms with Gasteiger partial charge in [-0.15, -0.1) is 0 Å². The number of benzene rings is 1. The molecule has 1 amide bonds. The molecule has 0 aliphatic rings. The smallest absolute Gasteiger partial charge is 0.275 e. The van der Waals surface area contributed by atoms with Crippen molar-refractivity contribution in [3.05, 3.63) is 88.6 Å². The van der Waals surface area contributed by atoms with Crippen LogP contribution in [-0.4, -0.2) is 21.0 Å². The fourth-order valence-corrected chi connectivity index (χ4v) is 2.81.